The lowest BCUT2D eigenvalue weighted by molar-refractivity contribution is 0.0707. The summed E-state index contributed by atoms with van der Waals surface area (Å²) in [5, 5.41) is 2.14. The van der Waals surface area contributed by atoms with Crippen LogP contribution < -0.4 is 5.73 Å². The summed E-state index contributed by atoms with van der Waals surface area (Å²) < 4.78 is 5.71. The van der Waals surface area contributed by atoms with Gasteiger partial charge in [0.25, 0.3) is 0 Å². The Bertz CT molecular complexity index is 296. The van der Waals surface area contributed by atoms with Gasteiger partial charge in [-0.25, -0.2) is 0 Å². The first-order valence-corrected chi connectivity index (χ1v) is 7.33. The molecule has 1 saturated heterocycles. The van der Waals surface area contributed by atoms with Gasteiger partial charge in [-0.1, -0.05) is 6.07 Å². The summed E-state index contributed by atoms with van der Waals surface area (Å²) in [6, 6.07) is 4.32. The molecule has 0 saturated carbocycles. The van der Waals surface area contributed by atoms with E-state index in [0.29, 0.717) is 6.10 Å². The van der Waals surface area contributed by atoms with Crippen LogP contribution in [0.15, 0.2) is 17.5 Å². The van der Waals surface area contributed by atoms with Gasteiger partial charge in [-0.05, 0) is 43.8 Å². The molecule has 2 rings (SSSR count). The van der Waals surface area contributed by atoms with Gasteiger partial charge in [-0.2, -0.15) is 0 Å². The Labute approximate surface area is 108 Å². The fourth-order valence-electron chi connectivity index (χ4n) is 2.25. The van der Waals surface area contributed by atoms with Crippen LogP contribution in [0.3, 0.4) is 0 Å². The third-order valence-corrected chi connectivity index (χ3v) is 3.98. The highest BCUT2D eigenvalue weighted by Crippen LogP contribution is 2.17. The van der Waals surface area contributed by atoms with Crippen LogP contribution in [0.25, 0.3) is 0 Å². The monoisotopic (exact) mass is 254 g/mol. The molecule has 1 aliphatic heterocycles. The molecule has 0 spiro atoms. The fraction of sp³-hybridized carbons (Fsp3) is 0.692. The molecule has 17 heavy (non-hydrogen) atoms. The number of thiophene rings is 1. The summed E-state index contributed by atoms with van der Waals surface area (Å²) in [4.78, 5) is 3.91. The smallest absolute Gasteiger partial charge is 0.0702 e. The van der Waals surface area contributed by atoms with Crippen LogP contribution >= 0.6 is 11.3 Å². The fourth-order valence-corrected chi connectivity index (χ4v) is 3.00. The van der Waals surface area contributed by atoms with Crippen molar-refractivity contribution in [3.8, 4) is 0 Å². The van der Waals surface area contributed by atoms with E-state index in [9.17, 15) is 0 Å². The van der Waals surface area contributed by atoms with E-state index in [1.54, 1.807) is 0 Å². The molecule has 2 heterocycles. The van der Waals surface area contributed by atoms with Crippen LogP contribution in [-0.4, -0.2) is 37.2 Å². The van der Waals surface area contributed by atoms with E-state index in [0.717, 1.165) is 39.2 Å². The summed E-state index contributed by atoms with van der Waals surface area (Å²) >= 11 is 1.83. The molecule has 4 heteroatoms. The second-order valence-corrected chi connectivity index (χ2v) is 5.62. The molecule has 1 aromatic rings. The van der Waals surface area contributed by atoms with E-state index in [2.05, 4.69) is 22.4 Å². The second-order valence-electron chi connectivity index (χ2n) is 4.59. The summed E-state index contributed by atoms with van der Waals surface area (Å²) in [7, 11) is 0. The number of nitrogens with zero attached hydrogens (tertiary/aromatic N) is 1. The molecule has 1 aliphatic rings. The van der Waals surface area contributed by atoms with Crippen LogP contribution in [0.2, 0.25) is 0 Å². The van der Waals surface area contributed by atoms with Gasteiger partial charge < -0.3 is 10.5 Å². The van der Waals surface area contributed by atoms with Gasteiger partial charge in [0.05, 0.1) is 6.10 Å². The van der Waals surface area contributed by atoms with Crippen LogP contribution in [0.4, 0.5) is 0 Å². The third-order valence-electron chi connectivity index (χ3n) is 3.12. The van der Waals surface area contributed by atoms with Crippen molar-refractivity contribution in [2.24, 2.45) is 5.73 Å². The predicted octanol–water partition coefficient (Wildman–Crippen LogP) is 2.08. The van der Waals surface area contributed by atoms with Crippen LogP contribution in [0.5, 0.6) is 0 Å². The summed E-state index contributed by atoms with van der Waals surface area (Å²) in [6.45, 7) is 4.88. The van der Waals surface area contributed by atoms with Crippen LogP contribution in [0, 0.1) is 0 Å². The molecule has 3 nitrogen and oxygen atoms in total. The van der Waals surface area contributed by atoms with Gasteiger partial charge >= 0.3 is 0 Å². The van der Waals surface area contributed by atoms with Gasteiger partial charge in [0.15, 0.2) is 0 Å². The van der Waals surface area contributed by atoms with Crippen molar-refractivity contribution in [2.75, 3.05) is 26.2 Å². The second kappa shape index (κ2) is 7.11. The highest BCUT2D eigenvalue weighted by Gasteiger charge is 2.19. The largest absolute Gasteiger partial charge is 0.377 e. The van der Waals surface area contributed by atoms with Gasteiger partial charge in [-0.3, -0.25) is 4.90 Å². The minimum absolute atomic E-state index is 0.438. The maximum atomic E-state index is 5.71. The van der Waals surface area contributed by atoms with Gasteiger partial charge in [0.1, 0.15) is 0 Å². The van der Waals surface area contributed by atoms with Crippen LogP contribution in [-0.2, 0) is 11.3 Å². The highest BCUT2D eigenvalue weighted by molar-refractivity contribution is 7.09. The first kappa shape index (κ1) is 13.0. The van der Waals surface area contributed by atoms with E-state index in [1.165, 1.54) is 17.7 Å². The Hall–Kier alpha value is -0.420. The molecule has 1 fully saturated rings. The predicted molar refractivity (Wildman–Crippen MR) is 72.2 cm³/mol. The van der Waals surface area contributed by atoms with Crippen molar-refractivity contribution in [3.63, 3.8) is 0 Å². The molecular weight excluding hydrogens is 232 g/mol. The first-order valence-electron chi connectivity index (χ1n) is 6.45. The average molecular weight is 254 g/mol. The van der Waals surface area contributed by atoms with Crippen molar-refractivity contribution >= 4 is 11.3 Å². The van der Waals surface area contributed by atoms with Gasteiger partial charge in [0.2, 0.25) is 0 Å². The van der Waals surface area contributed by atoms with Crippen molar-refractivity contribution < 1.29 is 4.74 Å². The van der Waals surface area contributed by atoms with E-state index < -0.39 is 0 Å². The third kappa shape index (κ3) is 4.39. The van der Waals surface area contributed by atoms with Gasteiger partial charge in [-0.15, -0.1) is 11.3 Å². The Morgan fingerprint density at radius 3 is 3.12 bits per heavy atom. The summed E-state index contributed by atoms with van der Waals surface area (Å²) in [6.07, 6.45) is 3.93. The maximum absolute atomic E-state index is 5.71. The Kier molecular flexibility index (Phi) is 5.45. The Morgan fingerprint density at radius 1 is 1.53 bits per heavy atom. The number of rotatable bonds is 7. The highest BCUT2D eigenvalue weighted by atomic mass is 32.1. The molecule has 0 aliphatic carbocycles. The minimum atomic E-state index is 0.438. The molecule has 1 aromatic heterocycles. The Balaban J connectivity index is 1.83. The number of nitrogens with two attached hydrogens (primary N) is 1. The normalized spacial score (nSPS) is 20.2. The maximum Gasteiger partial charge on any atom is 0.0702 e. The molecule has 96 valence electrons. The lowest BCUT2D eigenvalue weighted by atomic mass is 10.2. The lowest BCUT2D eigenvalue weighted by Crippen LogP contribution is -2.33. The standard InChI is InChI=1S/C13H22N2OS/c14-6-3-7-15(10-12-4-1-8-16-12)11-13-5-2-9-17-13/h2,5,9,12H,1,3-4,6-8,10-11,14H2/t12-/m0/s1. The molecule has 0 aromatic carbocycles. The number of ether oxygens (including phenoxy) is 1. The zero-order valence-corrected chi connectivity index (χ0v) is 11.1. The molecule has 1 atom stereocenters. The number of hydrogen-bond acceptors (Lipinski definition) is 4. The van der Waals surface area contributed by atoms with Crippen molar-refractivity contribution in [2.45, 2.75) is 31.9 Å². The Morgan fingerprint density at radius 2 is 2.47 bits per heavy atom. The number of hydrogen-bond donors (Lipinski definition) is 1. The molecule has 2 N–H and O–H groups in total. The lowest BCUT2D eigenvalue weighted by Gasteiger charge is -2.24. The topological polar surface area (TPSA) is 38.5 Å². The van der Waals surface area contributed by atoms with E-state index in [4.69, 9.17) is 10.5 Å². The zero-order valence-electron chi connectivity index (χ0n) is 10.3. The zero-order chi connectivity index (χ0) is 11.9. The van der Waals surface area contributed by atoms with E-state index >= 15 is 0 Å². The molecular formula is C13H22N2OS. The van der Waals surface area contributed by atoms with Crippen molar-refractivity contribution in [3.05, 3.63) is 22.4 Å². The molecule has 0 bridgehead atoms. The average Bonchev–Trinajstić information content (AvgIpc) is 2.99. The van der Waals surface area contributed by atoms with E-state index in [-0.39, 0.29) is 0 Å². The molecule has 0 unspecified atom stereocenters. The minimum Gasteiger partial charge on any atom is -0.377 e. The summed E-state index contributed by atoms with van der Waals surface area (Å²) in [5.74, 6) is 0. The van der Waals surface area contributed by atoms with Crippen LogP contribution in [0.1, 0.15) is 24.1 Å². The van der Waals surface area contributed by atoms with Crippen molar-refractivity contribution in [1.82, 2.24) is 4.90 Å². The molecule has 0 radical (unpaired) electrons. The summed E-state index contributed by atoms with van der Waals surface area (Å²) in [5.41, 5.74) is 5.60. The quantitative estimate of drug-likeness (QED) is 0.809. The molecule has 0 amide bonds. The SMILES string of the molecule is NCCCN(Cc1cccs1)C[C@@H]1CCCO1. The van der Waals surface area contributed by atoms with Gasteiger partial charge in [0, 0.05) is 24.6 Å². The first-order chi connectivity index (χ1) is 8.38. The van der Waals surface area contributed by atoms with E-state index in [1.807, 2.05) is 11.3 Å². The van der Waals surface area contributed by atoms with Crippen molar-refractivity contribution in [1.29, 1.82) is 0 Å².